The number of aryl methyl sites for hydroxylation is 2. The Kier molecular flexibility index (Phi) is 16.6. The SMILES string of the molecule is CCCC(CCCCCCCc1cc(O)cc(O)c1)OC(=O)c1c(O)cc(O)cc1CCCCCC/C=C/C(C)CC. The first-order chi connectivity index (χ1) is 20.2. The summed E-state index contributed by atoms with van der Waals surface area (Å²) in [5.74, 6) is 0.0331. The predicted octanol–water partition coefficient (Wildman–Crippen LogP) is 9.51. The first kappa shape index (κ1) is 35.0. The van der Waals surface area contributed by atoms with E-state index in [-0.39, 0.29) is 34.7 Å². The number of rotatable bonds is 21. The van der Waals surface area contributed by atoms with Gasteiger partial charge in [0.25, 0.3) is 0 Å². The molecule has 0 heterocycles. The van der Waals surface area contributed by atoms with Gasteiger partial charge in [0.1, 0.15) is 34.7 Å². The molecule has 2 unspecified atom stereocenters. The van der Waals surface area contributed by atoms with Gasteiger partial charge in [-0.15, -0.1) is 0 Å². The highest BCUT2D eigenvalue weighted by molar-refractivity contribution is 5.94. The van der Waals surface area contributed by atoms with Crippen LogP contribution in [0.5, 0.6) is 23.0 Å². The number of carbonyl (C=O) groups excluding carboxylic acids is 1. The molecule has 0 radical (unpaired) electrons. The predicted molar refractivity (Wildman–Crippen MR) is 170 cm³/mol. The lowest BCUT2D eigenvalue weighted by Gasteiger charge is -2.19. The quantitative estimate of drug-likeness (QED) is 0.0663. The maximum Gasteiger partial charge on any atom is 0.342 e. The van der Waals surface area contributed by atoms with Crippen molar-refractivity contribution in [2.24, 2.45) is 5.92 Å². The third-order valence-corrected chi connectivity index (χ3v) is 7.90. The fourth-order valence-corrected chi connectivity index (χ4v) is 5.32. The van der Waals surface area contributed by atoms with E-state index < -0.39 is 5.97 Å². The lowest BCUT2D eigenvalue weighted by atomic mass is 9.98. The largest absolute Gasteiger partial charge is 0.508 e. The van der Waals surface area contributed by atoms with Gasteiger partial charge in [-0.3, -0.25) is 0 Å². The van der Waals surface area contributed by atoms with Gasteiger partial charge in [-0.1, -0.05) is 77.9 Å². The molecule has 6 heteroatoms. The van der Waals surface area contributed by atoms with Crippen LogP contribution in [-0.4, -0.2) is 32.5 Å². The van der Waals surface area contributed by atoms with Crippen molar-refractivity contribution in [3.8, 4) is 23.0 Å². The number of allylic oxidation sites excluding steroid dienone is 2. The molecule has 2 atom stereocenters. The van der Waals surface area contributed by atoms with Gasteiger partial charge in [-0.2, -0.15) is 0 Å². The van der Waals surface area contributed by atoms with E-state index in [0.717, 1.165) is 102 Å². The molecule has 6 nitrogen and oxygen atoms in total. The zero-order valence-electron chi connectivity index (χ0n) is 26.1. The number of aromatic hydroxyl groups is 4. The number of hydrogen-bond acceptors (Lipinski definition) is 6. The molecule has 234 valence electrons. The second kappa shape index (κ2) is 19.9. The van der Waals surface area contributed by atoms with E-state index >= 15 is 0 Å². The van der Waals surface area contributed by atoms with Gasteiger partial charge in [0.15, 0.2) is 0 Å². The summed E-state index contributed by atoms with van der Waals surface area (Å²) >= 11 is 0. The van der Waals surface area contributed by atoms with Crippen LogP contribution in [0.4, 0.5) is 0 Å². The Morgan fingerprint density at radius 1 is 0.762 bits per heavy atom. The molecule has 2 aromatic carbocycles. The fraction of sp³-hybridized carbons (Fsp3) is 0.583. The van der Waals surface area contributed by atoms with Crippen molar-refractivity contribution >= 4 is 5.97 Å². The summed E-state index contributed by atoms with van der Waals surface area (Å²) in [5.41, 5.74) is 1.76. The number of unbranched alkanes of at least 4 members (excludes halogenated alkanes) is 8. The molecule has 4 N–H and O–H groups in total. The average Bonchev–Trinajstić information content (AvgIpc) is 2.92. The van der Waals surface area contributed by atoms with Crippen LogP contribution in [0.2, 0.25) is 0 Å². The average molecular weight is 583 g/mol. The number of carbonyl (C=O) groups is 1. The highest BCUT2D eigenvalue weighted by Gasteiger charge is 2.22. The minimum absolute atomic E-state index is 0.0415. The zero-order chi connectivity index (χ0) is 30.7. The third kappa shape index (κ3) is 13.7. The maximum atomic E-state index is 13.2. The Hall–Kier alpha value is -3.15. The lowest BCUT2D eigenvalue weighted by molar-refractivity contribution is 0.0249. The molecule has 0 saturated carbocycles. The van der Waals surface area contributed by atoms with Crippen molar-refractivity contribution in [1.82, 2.24) is 0 Å². The van der Waals surface area contributed by atoms with E-state index in [0.29, 0.717) is 17.9 Å². The van der Waals surface area contributed by atoms with Crippen LogP contribution < -0.4 is 0 Å². The van der Waals surface area contributed by atoms with Crippen molar-refractivity contribution in [1.29, 1.82) is 0 Å². The normalized spacial score (nSPS) is 12.9. The van der Waals surface area contributed by atoms with Crippen molar-refractivity contribution in [2.75, 3.05) is 0 Å². The smallest absolute Gasteiger partial charge is 0.342 e. The molecule has 42 heavy (non-hydrogen) atoms. The standard InChI is InChI=1S/C36H54O6/c1-4-17-33(21-16-12-8-10-14-19-28-22-30(37)25-31(38)23-28)42-36(41)35-29(24-32(39)26-34(35)40)20-15-11-7-6-9-13-18-27(3)5-2/h13,18,22-27,33,37-40H,4-12,14-17,19-21H2,1-3H3/b18-13+. The van der Waals surface area contributed by atoms with Gasteiger partial charge >= 0.3 is 5.97 Å². The van der Waals surface area contributed by atoms with Crippen LogP contribution in [0.15, 0.2) is 42.5 Å². The van der Waals surface area contributed by atoms with E-state index in [1.54, 1.807) is 18.2 Å². The third-order valence-electron chi connectivity index (χ3n) is 7.90. The van der Waals surface area contributed by atoms with Crippen LogP contribution in [0.3, 0.4) is 0 Å². The van der Waals surface area contributed by atoms with E-state index in [9.17, 15) is 25.2 Å². The monoisotopic (exact) mass is 582 g/mol. The number of hydrogen-bond donors (Lipinski definition) is 4. The van der Waals surface area contributed by atoms with Crippen LogP contribution in [0.25, 0.3) is 0 Å². The molecule has 0 aliphatic carbocycles. The number of phenols is 4. The zero-order valence-corrected chi connectivity index (χ0v) is 26.1. The molecule has 0 amide bonds. The van der Waals surface area contributed by atoms with Gasteiger partial charge in [-0.25, -0.2) is 4.79 Å². The van der Waals surface area contributed by atoms with Gasteiger partial charge in [0.2, 0.25) is 0 Å². The van der Waals surface area contributed by atoms with Gasteiger partial charge in [-0.05, 0) is 93.0 Å². The molecule has 0 aromatic heterocycles. The molecule has 2 aromatic rings. The summed E-state index contributed by atoms with van der Waals surface area (Å²) < 4.78 is 5.91. The molecule has 0 aliphatic heterocycles. The topological polar surface area (TPSA) is 107 Å². The van der Waals surface area contributed by atoms with Crippen molar-refractivity contribution in [3.63, 3.8) is 0 Å². The first-order valence-electron chi connectivity index (χ1n) is 16.2. The minimum Gasteiger partial charge on any atom is -0.508 e. The van der Waals surface area contributed by atoms with Crippen LogP contribution in [0, 0.1) is 5.92 Å². The molecule has 2 rings (SSSR count). The van der Waals surface area contributed by atoms with Gasteiger partial charge < -0.3 is 25.2 Å². The summed E-state index contributed by atoms with van der Waals surface area (Å²) in [6, 6.07) is 7.52. The van der Waals surface area contributed by atoms with Crippen molar-refractivity contribution in [3.05, 3.63) is 59.2 Å². The van der Waals surface area contributed by atoms with E-state index in [1.165, 1.54) is 12.1 Å². The molecular formula is C36H54O6. The van der Waals surface area contributed by atoms with Gasteiger partial charge in [0, 0.05) is 12.1 Å². The van der Waals surface area contributed by atoms with E-state index in [2.05, 4.69) is 32.9 Å². The lowest BCUT2D eigenvalue weighted by Crippen LogP contribution is -2.19. The summed E-state index contributed by atoms with van der Waals surface area (Å²) in [6.07, 6.45) is 19.7. The van der Waals surface area contributed by atoms with E-state index in [1.807, 2.05) is 0 Å². The Bertz CT molecular complexity index is 1070. The summed E-state index contributed by atoms with van der Waals surface area (Å²) in [4.78, 5) is 13.2. The van der Waals surface area contributed by atoms with Crippen LogP contribution in [0.1, 0.15) is 132 Å². The molecule has 0 fully saturated rings. The van der Waals surface area contributed by atoms with Crippen LogP contribution >= 0.6 is 0 Å². The number of benzene rings is 2. The highest BCUT2D eigenvalue weighted by atomic mass is 16.5. The first-order valence-corrected chi connectivity index (χ1v) is 16.2. The van der Waals surface area contributed by atoms with Gasteiger partial charge in [0.05, 0.1) is 0 Å². The van der Waals surface area contributed by atoms with Crippen molar-refractivity contribution in [2.45, 2.75) is 130 Å². The van der Waals surface area contributed by atoms with Crippen LogP contribution in [-0.2, 0) is 17.6 Å². The number of ether oxygens (including phenoxy) is 1. The molecule has 0 bridgehead atoms. The second-order valence-electron chi connectivity index (χ2n) is 11.7. The Balaban J connectivity index is 1.79. The molecule has 0 spiro atoms. The van der Waals surface area contributed by atoms with Crippen molar-refractivity contribution < 1.29 is 30.0 Å². The maximum absolute atomic E-state index is 13.2. The minimum atomic E-state index is -0.509. The fourth-order valence-electron chi connectivity index (χ4n) is 5.32. The molecule has 0 aliphatic rings. The summed E-state index contributed by atoms with van der Waals surface area (Å²) in [5, 5.41) is 39.9. The number of esters is 1. The Labute approximate surface area is 253 Å². The summed E-state index contributed by atoms with van der Waals surface area (Å²) in [6.45, 7) is 6.50. The molecule has 0 saturated heterocycles. The van der Waals surface area contributed by atoms with E-state index in [4.69, 9.17) is 4.74 Å². The highest BCUT2D eigenvalue weighted by Crippen LogP contribution is 2.30. The summed E-state index contributed by atoms with van der Waals surface area (Å²) in [7, 11) is 0. The Morgan fingerprint density at radius 3 is 2.07 bits per heavy atom. The molecular weight excluding hydrogens is 528 g/mol. The number of phenolic OH excluding ortho intramolecular Hbond substituents is 4. The Morgan fingerprint density at radius 2 is 1.38 bits per heavy atom. The second-order valence-corrected chi connectivity index (χ2v) is 11.7.